The predicted octanol–water partition coefficient (Wildman–Crippen LogP) is 1.86. The number of nitrogens with zero attached hydrogens (tertiary/aromatic N) is 1. The number of hydrogen-bond donors (Lipinski definition) is 3. The highest BCUT2D eigenvalue weighted by molar-refractivity contribution is 7.89. The van der Waals surface area contributed by atoms with Crippen LogP contribution in [0.3, 0.4) is 0 Å². The number of guanidine groups is 1. The quantitative estimate of drug-likeness (QED) is 0.372. The summed E-state index contributed by atoms with van der Waals surface area (Å²) in [6, 6.07) is 14.4. The molecule has 0 atom stereocenters. The van der Waals surface area contributed by atoms with Gasteiger partial charge in [-0.1, -0.05) is 30.3 Å². The van der Waals surface area contributed by atoms with Crippen molar-refractivity contribution in [1.29, 1.82) is 0 Å². The molecule has 0 radical (unpaired) electrons. The molecule has 0 aliphatic carbocycles. The van der Waals surface area contributed by atoms with Gasteiger partial charge in [0, 0.05) is 19.6 Å². The fraction of sp³-hybridized carbons (Fsp3) is 0.278. The van der Waals surface area contributed by atoms with Gasteiger partial charge < -0.3 is 10.6 Å². The van der Waals surface area contributed by atoms with Gasteiger partial charge in [0.25, 0.3) is 0 Å². The summed E-state index contributed by atoms with van der Waals surface area (Å²) in [5.41, 5.74) is 0.883. The second kappa shape index (κ2) is 9.88. The molecule has 0 saturated heterocycles. The van der Waals surface area contributed by atoms with Gasteiger partial charge in [0.05, 0.1) is 11.4 Å². The third kappa shape index (κ3) is 6.45. The van der Waals surface area contributed by atoms with Crippen molar-refractivity contribution >= 4 is 16.0 Å². The largest absolute Gasteiger partial charge is 0.357 e. The maximum atomic E-state index is 12.9. The SMILES string of the molecule is CCNC(=NCc1ccc(F)cc1)NCCNS(=O)(=O)c1ccccc1. The Labute approximate surface area is 153 Å². The topological polar surface area (TPSA) is 82.6 Å². The maximum absolute atomic E-state index is 12.9. The number of rotatable bonds is 8. The van der Waals surface area contributed by atoms with Gasteiger partial charge in [0.2, 0.25) is 10.0 Å². The number of benzene rings is 2. The summed E-state index contributed by atoms with van der Waals surface area (Å²) in [5, 5.41) is 6.15. The van der Waals surface area contributed by atoms with E-state index < -0.39 is 10.0 Å². The lowest BCUT2D eigenvalue weighted by atomic mass is 10.2. The first-order chi connectivity index (χ1) is 12.5. The number of nitrogens with one attached hydrogen (secondary N) is 3. The normalized spacial score (nSPS) is 12.0. The molecule has 0 fully saturated rings. The molecular weight excluding hydrogens is 355 g/mol. The molecule has 0 heterocycles. The third-order valence-corrected chi connectivity index (χ3v) is 4.92. The Hall–Kier alpha value is -2.45. The van der Waals surface area contributed by atoms with Crippen molar-refractivity contribution in [1.82, 2.24) is 15.4 Å². The Bertz CT molecular complexity index is 809. The van der Waals surface area contributed by atoms with Crippen LogP contribution < -0.4 is 15.4 Å². The molecule has 0 spiro atoms. The zero-order valence-corrected chi connectivity index (χ0v) is 15.4. The monoisotopic (exact) mass is 378 g/mol. The van der Waals surface area contributed by atoms with Gasteiger partial charge in [-0.3, -0.25) is 0 Å². The lowest BCUT2D eigenvalue weighted by molar-refractivity contribution is 0.580. The molecule has 0 bridgehead atoms. The number of aliphatic imine (C=N–C) groups is 1. The second-order valence-corrected chi connectivity index (χ2v) is 7.23. The molecule has 6 nitrogen and oxygen atoms in total. The zero-order chi connectivity index (χ0) is 18.8. The number of sulfonamides is 1. The second-order valence-electron chi connectivity index (χ2n) is 5.46. The van der Waals surface area contributed by atoms with Crippen molar-refractivity contribution in [3.05, 3.63) is 66.0 Å². The van der Waals surface area contributed by atoms with Crippen LogP contribution in [0.4, 0.5) is 4.39 Å². The third-order valence-electron chi connectivity index (χ3n) is 3.44. The first-order valence-electron chi connectivity index (χ1n) is 8.32. The van der Waals surface area contributed by atoms with Gasteiger partial charge in [-0.05, 0) is 36.8 Å². The summed E-state index contributed by atoms with van der Waals surface area (Å²) in [6.45, 7) is 3.60. The Morgan fingerprint density at radius 1 is 1.00 bits per heavy atom. The van der Waals surface area contributed by atoms with E-state index in [9.17, 15) is 12.8 Å². The van der Waals surface area contributed by atoms with Crippen molar-refractivity contribution in [3.63, 3.8) is 0 Å². The van der Waals surface area contributed by atoms with Gasteiger partial charge in [-0.2, -0.15) is 0 Å². The van der Waals surface area contributed by atoms with E-state index in [-0.39, 0.29) is 17.3 Å². The minimum Gasteiger partial charge on any atom is -0.357 e. The standard InChI is InChI=1S/C18H23FN4O2S/c1-2-20-18(22-14-15-8-10-16(19)11-9-15)21-12-13-23-26(24,25)17-6-4-3-5-7-17/h3-11,23H,2,12-14H2,1H3,(H2,20,21,22). The van der Waals surface area contributed by atoms with Crippen LogP contribution in [0.25, 0.3) is 0 Å². The van der Waals surface area contributed by atoms with Crippen LogP contribution in [0.2, 0.25) is 0 Å². The highest BCUT2D eigenvalue weighted by atomic mass is 32.2. The van der Waals surface area contributed by atoms with Gasteiger partial charge in [0.1, 0.15) is 5.82 Å². The first kappa shape index (κ1) is 19.9. The molecule has 140 valence electrons. The van der Waals surface area contributed by atoms with E-state index in [0.717, 1.165) is 5.56 Å². The van der Waals surface area contributed by atoms with Crippen molar-refractivity contribution in [2.75, 3.05) is 19.6 Å². The molecule has 26 heavy (non-hydrogen) atoms. The average molecular weight is 378 g/mol. The molecule has 0 amide bonds. The fourth-order valence-electron chi connectivity index (χ4n) is 2.15. The van der Waals surface area contributed by atoms with Crippen LogP contribution in [-0.4, -0.2) is 34.0 Å². The van der Waals surface area contributed by atoms with Gasteiger partial charge >= 0.3 is 0 Å². The Morgan fingerprint density at radius 3 is 2.35 bits per heavy atom. The molecule has 3 N–H and O–H groups in total. The summed E-state index contributed by atoms with van der Waals surface area (Å²) < 4.78 is 39.7. The van der Waals surface area contributed by atoms with Crippen molar-refractivity contribution < 1.29 is 12.8 Å². The molecule has 2 rings (SSSR count). The molecule has 0 aromatic heterocycles. The van der Waals surface area contributed by atoms with Crippen LogP contribution in [0.5, 0.6) is 0 Å². The minimum absolute atomic E-state index is 0.220. The van der Waals surface area contributed by atoms with Crippen molar-refractivity contribution in [2.24, 2.45) is 4.99 Å². The Morgan fingerprint density at radius 2 is 1.69 bits per heavy atom. The van der Waals surface area contributed by atoms with Crippen LogP contribution in [0, 0.1) is 5.82 Å². The van der Waals surface area contributed by atoms with E-state index in [2.05, 4.69) is 20.3 Å². The summed E-state index contributed by atoms with van der Waals surface area (Å²) >= 11 is 0. The molecule has 0 aliphatic heterocycles. The van der Waals surface area contributed by atoms with Crippen LogP contribution in [0.1, 0.15) is 12.5 Å². The molecule has 2 aromatic rings. The van der Waals surface area contributed by atoms with E-state index >= 15 is 0 Å². The van der Waals surface area contributed by atoms with Gasteiger partial charge in [-0.15, -0.1) is 0 Å². The molecule has 0 aliphatic rings. The van der Waals surface area contributed by atoms with Gasteiger partial charge in [0.15, 0.2) is 5.96 Å². The number of hydrogen-bond acceptors (Lipinski definition) is 3. The van der Waals surface area contributed by atoms with Crippen molar-refractivity contribution in [2.45, 2.75) is 18.4 Å². The van der Waals surface area contributed by atoms with Crippen LogP contribution in [-0.2, 0) is 16.6 Å². The Balaban J connectivity index is 1.84. The lowest BCUT2D eigenvalue weighted by Gasteiger charge is -2.12. The average Bonchev–Trinajstić information content (AvgIpc) is 2.65. The Kier molecular flexibility index (Phi) is 7.55. The number of halogens is 1. The molecule has 2 aromatic carbocycles. The van der Waals surface area contributed by atoms with E-state index in [4.69, 9.17) is 0 Å². The smallest absolute Gasteiger partial charge is 0.240 e. The predicted molar refractivity (Wildman–Crippen MR) is 101 cm³/mol. The summed E-state index contributed by atoms with van der Waals surface area (Å²) in [4.78, 5) is 4.63. The fourth-order valence-corrected chi connectivity index (χ4v) is 3.20. The zero-order valence-electron chi connectivity index (χ0n) is 14.6. The van der Waals surface area contributed by atoms with Gasteiger partial charge in [-0.25, -0.2) is 22.5 Å². The summed E-state index contributed by atoms with van der Waals surface area (Å²) in [6.07, 6.45) is 0. The highest BCUT2D eigenvalue weighted by Crippen LogP contribution is 2.06. The molecule has 8 heteroatoms. The summed E-state index contributed by atoms with van der Waals surface area (Å²) in [7, 11) is -3.52. The molecule has 0 unspecified atom stereocenters. The minimum atomic E-state index is -3.52. The van der Waals surface area contributed by atoms with E-state index in [1.807, 2.05) is 6.92 Å². The summed E-state index contributed by atoms with van der Waals surface area (Å²) in [5.74, 6) is 0.282. The maximum Gasteiger partial charge on any atom is 0.240 e. The van der Waals surface area contributed by atoms with Crippen molar-refractivity contribution in [3.8, 4) is 0 Å². The van der Waals surface area contributed by atoms with E-state index in [1.165, 1.54) is 12.1 Å². The van der Waals surface area contributed by atoms with Crippen LogP contribution >= 0.6 is 0 Å². The first-order valence-corrected chi connectivity index (χ1v) is 9.81. The van der Waals surface area contributed by atoms with E-state index in [0.29, 0.717) is 25.6 Å². The van der Waals surface area contributed by atoms with E-state index in [1.54, 1.807) is 42.5 Å². The lowest BCUT2D eigenvalue weighted by Crippen LogP contribution is -2.41. The highest BCUT2D eigenvalue weighted by Gasteiger charge is 2.12. The van der Waals surface area contributed by atoms with Crippen LogP contribution in [0.15, 0.2) is 64.5 Å². The molecular formula is C18H23FN4O2S. The molecule has 0 saturated carbocycles.